The number of carbonyl (C=O) groups is 2. The molecular weight excluding hydrogens is 322 g/mol. The number of carbonyl (C=O) groups excluding carboxylic acids is 2. The van der Waals surface area contributed by atoms with Crippen molar-refractivity contribution in [2.24, 2.45) is 5.73 Å². The lowest BCUT2D eigenvalue weighted by Gasteiger charge is -2.13. The minimum atomic E-state index is -1.65. The van der Waals surface area contributed by atoms with E-state index in [0.717, 1.165) is 0 Å². The number of rotatable bonds is 2. The zero-order valence-electron chi connectivity index (χ0n) is 13.9. The number of aliphatic hydroxyl groups is 1. The van der Waals surface area contributed by atoms with E-state index in [2.05, 4.69) is 16.8 Å². The molecule has 1 aromatic carbocycles. The lowest BCUT2D eigenvalue weighted by atomic mass is 10.0. The molecule has 1 saturated heterocycles. The molecule has 0 radical (unpaired) electrons. The minimum Gasteiger partial charge on any atom is -0.441 e. The van der Waals surface area contributed by atoms with Crippen LogP contribution in [0.2, 0.25) is 0 Å². The van der Waals surface area contributed by atoms with E-state index in [1.807, 2.05) is 0 Å². The van der Waals surface area contributed by atoms with E-state index in [0.29, 0.717) is 23.4 Å². The van der Waals surface area contributed by atoms with E-state index >= 15 is 0 Å². The van der Waals surface area contributed by atoms with Crippen molar-refractivity contribution < 1.29 is 19.1 Å². The Morgan fingerprint density at radius 1 is 1.48 bits per heavy atom. The van der Waals surface area contributed by atoms with Crippen LogP contribution in [0.3, 0.4) is 0 Å². The molecule has 0 aliphatic carbocycles. The van der Waals surface area contributed by atoms with E-state index in [4.69, 9.17) is 10.2 Å². The number of likely N-dealkylation sites (N-methyl/N-ethyl adjacent to an activating group) is 1. The Bertz CT molecular complexity index is 922. The average molecular weight is 339 g/mol. The third kappa shape index (κ3) is 3.12. The fourth-order valence-electron chi connectivity index (χ4n) is 2.62. The molecule has 1 aromatic heterocycles. The van der Waals surface area contributed by atoms with Crippen LogP contribution in [0.15, 0.2) is 28.7 Å². The van der Waals surface area contributed by atoms with Crippen LogP contribution in [0, 0.1) is 18.8 Å². The molecule has 0 unspecified atom stereocenters. The Morgan fingerprint density at radius 2 is 2.24 bits per heavy atom. The molecule has 3 N–H and O–H groups in total. The van der Waals surface area contributed by atoms with Crippen molar-refractivity contribution in [1.82, 2.24) is 9.88 Å². The van der Waals surface area contributed by atoms with Crippen molar-refractivity contribution >= 4 is 11.8 Å². The zero-order chi connectivity index (χ0) is 18.2. The smallest absolute Gasteiger partial charge is 0.270 e. The lowest BCUT2D eigenvalue weighted by molar-refractivity contribution is -0.137. The molecule has 7 nitrogen and oxygen atoms in total. The Balaban J connectivity index is 1.91. The van der Waals surface area contributed by atoms with E-state index in [1.165, 1.54) is 4.90 Å². The predicted molar refractivity (Wildman–Crippen MR) is 89.3 cm³/mol. The minimum absolute atomic E-state index is 0.0837. The molecule has 0 saturated carbocycles. The lowest BCUT2D eigenvalue weighted by Crippen LogP contribution is -2.37. The summed E-state index contributed by atoms with van der Waals surface area (Å²) in [6.45, 7) is 2.08. The van der Waals surface area contributed by atoms with Crippen LogP contribution in [0.1, 0.15) is 28.2 Å². The molecule has 7 heteroatoms. The molecule has 1 fully saturated rings. The van der Waals surface area contributed by atoms with Crippen molar-refractivity contribution in [3.05, 3.63) is 41.3 Å². The number of benzene rings is 1. The highest BCUT2D eigenvalue weighted by Crippen LogP contribution is 2.23. The summed E-state index contributed by atoms with van der Waals surface area (Å²) in [6.07, 6.45) is 0.274. The van der Waals surface area contributed by atoms with Gasteiger partial charge in [-0.15, -0.1) is 0 Å². The van der Waals surface area contributed by atoms with Crippen LogP contribution in [-0.4, -0.2) is 46.0 Å². The van der Waals surface area contributed by atoms with Gasteiger partial charge in [-0.1, -0.05) is 17.9 Å². The van der Waals surface area contributed by atoms with Crippen molar-refractivity contribution in [3.63, 3.8) is 0 Å². The van der Waals surface area contributed by atoms with Crippen molar-refractivity contribution in [1.29, 1.82) is 0 Å². The Morgan fingerprint density at radius 3 is 2.84 bits per heavy atom. The predicted octanol–water partition coefficient (Wildman–Crippen LogP) is 0.694. The number of oxazole rings is 1. The van der Waals surface area contributed by atoms with E-state index in [1.54, 1.807) is 38.2 Å². The number of aryl methyl sites for hydroxylation is 1. The number of nitrogens with two attached hydrogens (primary N) is 1. The van der Waals surface area contributed by atoms with Crippen molar-refractivity contribution in [3.8, 4) is 23.3 Å². The number of hydrogen-bond acceptors (Lipinski definition) is 5. The van der Waals surface area contributed by atoms with E-state index in [-0.39, 0.29) is 18.0 Å². The van der Waals surface area contributed by atoms with Crippen molar-refractivity contribution in [2.45, 2.75) is 18.9 Å². The number of hydrogen-bond donors (Lipinski definition) is 2. The number of primary amides is 1. The highest BCUT2D eigenvalue weighted by Gasteiger charge is 2.42. The van der Waals surface area contributed by atoms with Crippen LogP contribution in [0.5, 0.6) is 0 Å². The van der Waals surface area contributed by atoms with Crippen LogP contribution < -0.4 is 5.73 Å². The standard InChI is InChI=1S/C18H17N3O4/c1-11-14(15(19)22)20-16(25-11)13-5-3-4-12(10-13)6-7-18(24)8-9-21(2)17(18)23/h3-5,10,24H,8-9H2,1-2H3,(H2,19,22)/t18-/m0/s1. The second-order valence-corrected chi connectivity index (χ2v) is 5.96. The zero-order valence-corrected chi connectivity index (χ0v) is 13.9. The van der Waals surface area contributed by atoms with Gasteiger partial charge in [0.25, 0.3) is 11.8 Å². The molecule has 2 heterocycles. The maximum absolute atomic E-state index is 11.9. The molecule has 2 amide bonds. The molecule has 0 bridgehead atoms. The molecule has 2 aromatic rings. The van der Waals surface area contributed by atoms with Gasteiger partial charge in [0.15, 0.2) is 5.69 Å². The first-order valence-corrected chi connectivity index (χ1v) is 7.69. The third-order valence-corrected chi connectivity index (χ3v) is 4.06. The van der Waals surface area contributed by atoms with Gasteiger partial charge in [0, 0.05) is 31.1 Å². The first-order chi connectivity index (χ1) is 11.8. The molecule has 1 atom stereocenters. The van der Waals surface area contributed by atoms with Gasteiger partial charge in [-0.2, -0.15) is 0 Å². The third-order valence-electron chi connectivity index (χ3n) is 4.06. The number of nitrogens with zero attached hydrogens (tertiary/aromatic N) is 2. The summed E-state index contributed by atoms with van der Waals surface area (Å²) >= 11 is 0. The number of likely N-dealkylation sites (tertiary alicyclic amines) is 1. The fourth-order valence-corrected chi connectivity index (χ4v) is 2.62. The summed E-state index contributed by atoms with van der Waals surface area (Å²) in [5.74, 6) is 5.02. The summed E-state index contributed by atoms with van der Waals surface area (Å²) in [6, 6.07) is 6.95. The van der Waals surface area contributed by atoms with Gasteiger partial charge in [-0.05, 0) is 25.1 Å². The topological polar surface area (TPSA) is 110 Å². The molecule has 128 valence electrons. The largest absolute Gasteiger partial charge is 0.441 e. The molecule has 1 aliphatic rings. The normalized spacial score (nSPS) is 19.6. The highest BCUT2D eigenvalue weighted by molar-refractivity contribution is 5.92. The van der Waals surface area contributed by atoms with E-state index < -0.39 is 17.4 Å². The number of amides is 2. The van der Waals surface area contributed by atoms with Gasteiger partial charge in [0.2, 0.25) is 11.5 Å². The monoisotopic (exact) mass is 339 g/mol. The average Bonchev–Trinajstić information content (AvgIpc) is 3.10. The Kier molecular flexibility index (Phi) is 4.07. The maximum Gasteiger partial charge on any atom is 0.270 e. The summed E-state index contributed by atoms with van der Waals surface area (Å²) in [5, 5.41) is 10.3. The van der Waals surface area contributed by atoms with Gasteiger partial charge in [-0.25, -0.2) is 4.98 Å². The Labute approximate surface area is 144 Å². The maximum atomic E-state index is 11.9. The van der Waals surface area contributed by atoms with Gasteiger partial charge in [-0.3, -0.25) is 9.59 Å². The summed E-state index contributed by atoms with van der Waals surface area (Å²) in [4.78, 5) is 28.8. The highest BCUT2D eigenvalue weighted by atomic mass is 16.4. The quantitative estimate of drug-likeness (QED) is 0.783. The Hall–Kier alpha value is -3.11. The van der Waals surface area contributed by atoms with Gasteiger partial charge >= 0.3 is 0 Å². The first-order valence-electron chi connectivity index (χ1n) is 7.69. The molecule has 25 heavy (non-hydrogen) atoms. The molecule has 3 rings (SSSR count). The van der Waals surface area contributed by atoms with Crippen molar-refractivity contribution in [2.75, 3.05) is 13.6 Å². The number of aromatic nitrogens is 1. The second-order valence-electron chi connectivity index (χ2n) is 5.96. The van der Waals surface area contributed by atoms with Gasteiger partial charge in [0.1, 0.15) is 5.76 Å². The van der Waals surface area contributed by atoms with E-state index in [9.17, 15) is 14.7 Å². The SMILES string of the molecule is Cc1oc(-c2cccc(C#C[C@]3(O)CCN(C)C3=O)c2)nc1C(N)=O. The van der Waals surface area contributed by atoms with Gasteiger partial charge < -0.3 is 20.2 Å². The van der Waals surface area contributed by atoms with Crippen LogP contribution in [-0.2, 0) is 4.79 Å². The van der Waals surface area contributed by atoms with Crippen LogP contribution >= 0.6 is 0 Å². The van der Waals surface area contributed by atoms with Crippen LogP contribution in [0.25, 0.3) is 11.5 Å². The fraction of sp³-hybridized carbons (Fsp3) is 0.278. The molecule has 0 spiro atoms. The first kappa shape index (κ1) is 16.7. The molecular formula is C18H17N3O4. The van der Waals surface area contributed by atoms with Crippen LogP contribution in [0.4, 0.5) is 0 Å². The summed E-state index contributed by atoms with van der Waals surface area (Å²) < 4.78 is 5.48. The summed E-state index contributed by atoms with van der Waals surface area (Å²) in [7, 11) is 1.63. The second kappa shape index (κ2) is 6.07. The van der Waals surface area contributed by atoms with Gasteiger partial charge in [0.05, 0.1) is 0 Å². The summed E-state index contributed by atoms with van der Waals surface area (Å²) in [5.41, 5.74) is 4.88. The molecule has 1 aliphatic heterocycles.